The van der Waals surface area contributed by atoms with Gasteiger partial charge < -0.3 is 19.2 Å². The van der Waals surface area contributed by atoms with Gasteiger partial charge in [0, 0.05) is 29.4 Å². The molecule has 11 heteroatoms. The van der Waals surface area contributed by atoms with E-state index in [2.05, 4.69) is 0 Å². The number of benzene rings is 3. The van der Waals surface area contributed by atoms with Crippen molar-refractivity contribution in [1.29, 1.82) is 0 Å². The molecule has 1 aromatic heterocycles. The molecule has 4 nitrogen and oxygen atoms in total. The Kier molecular flexibility index (Phi) is 7.68. The number of anilines is 1. The molecule has 0 amide bonds. The van der Waals surface area contributed by atoms with Gasteiger partial charge in [0.2, 0.25) is 0 Å². The second-order valence-corrected chi connectivity index (χ2v) is 8.35. The number of alkyl halides is 6. The molecule has 0 aliphatic carbocycles. The molecule has 0 saturated heterocycles. The van der Waals surface area contributed by atoms with Crippen molar-refractivity contribution in [2.24, 2.45) is 0 Å². The van der Waals surface area contributed by atoms with Gasteiger partial charge >= 0.3 is 12.4 Å². The maximum Gasteiger partial charge on any atom is 0.416 e. The third-order valence-corrected chi connectivity index (χ3v) is 5.56. The number of hydrogen-bond donors (Lipinski definition) is 1. The summed E-state index contributed by atoms with van der Waals surface area (Å²) in [6.45, 7) is -1.74. The van der Waals surface area contributed by atoms with Crippen molar-refractivity contribution in [3.05, 3.63) is 102 Å². The van der Waals surface area contributed by atoms with Crippen LogP contribution in [0.3, 0.4) is 0 Å². The van der Waals surface area contributed by atoms with Gasteiger partial charge in [-0.05, 0) is 54.6 Å². The van der Waals surface area contributed by atoms with Crippen LogP contribution in [0.15, 0.2) is 89.5 Å². The number of rotatable bonds is 8. The van der Waals surface area contributed by atoms with E-state index in [1.54, 1.807) is 36.4 Å². The van der Waals surface area contributed by atoms with Crippen molar-refractivity contribution in [2.45, 2.75) is 25.0 Å². The van der Waals surface area contributed by atoms with Gasteiger partial charge in [-0.15, -0.1) is 0 Å². The molecular weight excluding hydrogens is 519 g/mol. The second kappa shape index (κ2) is 10.8. The lowest BCUT2D eigenvalue weighted by molar-refractivity contribution is -0.200. The lowest BCUT2D eigenvalue weighted by Gasteiger charge is -2.29. The van der Waals surface area contributed by atoms with Crippen LogP contribution in [0.2, 0.25) is 0 Å². The third-order valence-electron chi connectivity index (χ3n) is 5.56. The molecule has 0 radical (unpaired) electrons. The van der Waals surface area contributed by atoms with Crippen molar-refractivity contribution in [3.8, 4) is 22.8 Å². The lowest BCUT2D eigenvalue weighted by Crippen LogP contribution is -2.41. The first-order valence-corrected chi connectivity index (χ1v) is 11.2. The second-order valence-electron chi connectivity index (χ2n) is 8.35. The molecule has 3 aromatic carbocycles. The zero-order chi connectivity index (χ0) is 27.5. The molecule has 1 atom stereocenters. The van der Waals surface area contributed by atoms with Crippen molar-refractivity contribution in [2.75, 3.05) is 11.4 Å². The summed E-state index contributed by atoms with van der Waals surface area (Å²) in [6.07, 6.45) is -11.1. The van der Waals surface area contributed by atoms with Gasteiger partial charge in [0.05, 0.1) is 18.4 Å². The zero-order valence-corrected chi connectivity index (χ0v) is 19.4. The highest BCUT2D eigenvalue weighted by Crippen LogP contribution is 2.33. The van der Waals surface area contributed by atoms with Gasteiger partial charge in [-0.1, -0.05) is 18.2 Å². The average Bonchev–Trinajstić information content (AvgIpc) is 3.39. The Bertz CT molecular complexity index is 1370. The average molecular weight is 539 g/mol. The van der Waals surface area contributed by atoms with Gasteiger partial charge in [0.15, 0.2) is 6.10 Å². The van der Waals surface area contributed by atoms with E-state index in [0.29, 0.717) is 35.3 Å². The number of halogens is 7. The number of hydrogen-bond acceptors (Lipinski definition) is 4. The van der Waals surface area contributed by atoms with E-state index in [1.807, 2.05) is 0 Å². The lowest BCUT2D eigenvalue weighted by atomic mass is 10.1. The van der Waals surface area contributed by atoms with Gasteiger partial charge in [0.25, 0.3) is 0 Å². The first kappa shape index (κ1) is 27.1. The van der Waals surface area contributed by atoms with Crippen molar-refractivity contribution >= 4 is 5.69 Å². The zero-order valence-electron chi connectivity index (χ0n) is 19.4. The molecule has 0 fully saturated rings. The molecule has 1 heterocycles. The van der Waals surface area contributed by atoms with Crippen LogP contribution in [0.25, 0.3) is 11.3 Å². The summed E-state index contributed by atoms with van der Waals surface area (Å²) in [5.41, 5.74) is -0.881. The largest absolute Gasteiger partial charge is 0.464 e. The van der Waals surface area contributed by atoms with Crippen LogP contribution in [0, 0.1) is 5.82 Å². The monoisotopic (exact) mass is 539 g/mol. The number of aliphatic hydroxyl groups is 1. The molecule has 38 heavy (non-hydrogen) atoms. The van der Waals surface area contributed by atoms with E-state index in [0.717, 1.165) is 4.90 Å². The topological polar surface area (TPSA) is 45.8 Å². The molecule has 0 saturated carbocycles. The first-order valence-electron chi connectivity index (χ1n) is 11.2. The third kappa shape index (κ3) is 6.65. The van der Waals surface area contributed by atoms with Crippen LogP contribution in [0.1, 0.15) is 11.1 Å². The quantitative estimate of drug-likeness (QED) is 0.232. The highest BCUT2D eigenvalue weighted by atomic mass is 19.4. The van der Waals surface area contributed by atoms with Gasteiger partial charge in [-0.25, -0.2) is 4.39 Å². The molecular formula is C27H20F7NO3. The number of ether oxygens (including phenoxy) is 1. The molecule has 0 aliphatic rings. The minimum Gasteiger partial charge on any atom is -0.464 e. The van der Waals surface area contributed by atoms with Crippen LogP contribution in [-0.4, -0.2) is 23.9 Å². The van der Waals surface area contributed by atoms with Gasteiger partial charge in [-0.2, -0.15) is 26.3 Å². The fourth-order valence-corrected chi connectivity index (χ4v) is 3.69. The molecule has 0 spiro atoms. The van der Waals surface area contributed by atoms with Crippen molar-refractivity contribution in [3.63, 3.8) is 0 Å². The fourth-order valence-electron chi connectivity index (χ4n) is 3.69. The van der Waals surface area contributed by atoms with Crippen molar-refractivity contribution < 1.29 is 45.0 Å². The van der Waals surface area contributed by atoms with Crippen molar-refractivity contribution in [1.82, 2.24) is 0 Å². The van der Waals surface area contributed by atoms with Crippen LogP contribution in [0.4, 0.5) is 36.4 Å². The summed E-state index contributed by atoms with van der Waals surface area (Å²) < 4.78 is 105. The van der Waals surface area contributed by atoms with Crippen LogP contribution in [-0.2, 0) is 12.7 Å². The van der Waals surface area contributed by atoms with E-state index in [1.165, 1.54) is 30.5 Å². The Morgan fingerprint density at radius 1 is 0.842 bits per heavy atom. The molecule has 4 rings (SSSR count). The molecule has 0 aliphatic heterocycles. The van der Waals surface area contributed by atoms with E-state index in [-0.39, 0.29) is 11.4 Å². The highest BCUT2D eigenvalue weighted by molar-refractivity contribution is 5.60. The molecule has 0 bridgehead atoms. The van der Waals surface area contributed by atoms with E-state index in [9.17, 15) is 35.8 Å². The minimum absolute atomic E-state index is 0.0600. The van der Waals surface area contributed by atoms with Gasteiger partial charge in [-0.3, -0.25) is 0 Å². The number of nitrogens with zero attached hydrogens (tertiary/aromatic N) is 1. The predicted octanol–water partition coefficient (Wildman–Crippen LogP) is 7.83. The first-order chi connectivity index (χ1) is 17.9. The minimum atomic E-state index is -5.01. The normalized spacial score (nSPS) is 12.8. The summed E-state index contributed by atoms with van der Waals surface area (Å²) in [5, 5.41) is 9.69. The Labute approximate surface area is 212 Å². The smallest absolute Gasteiger partial charge is 0.416 e. The standard InChI is InChI=1S/C27H20F7NO3/c28-23-10-9-19(26(29,30)31)12-18(23)15-35(16-25(36)27(32,33)34)20-5-2-7-22(14-20)38-21-6-1-4-17(13-21)24-8-3-11-37-24/h1-14,25,36H,15-16H2. The molecule has 200 valence electrons. The Hall–Kier alpha value is -3.99. The van der Waals surface area contributed by atoms with Crippen LogP contribution < -0.4 is 9.64 Å². The Balaban J connectivity index is 1.64. The number of aliphatic hydroxyl groups excluding tert-OH is 1. The molecule has 4 aromatic rings. The highest BCUT2D eigenvalue weighted by Gasteiger charge is 2.39. The molecule has 1 unspecified atom stereocenters. The molecule has 1 N–H and O–H groups in total. The summed E-state index contributed by atoms with van der Waals surface area (Å²) in [7, 11) is 0. The summed E-state index contributed by atoms with van der Waals surface area (Å²) in [6, 6.07) is 17.6. The maximum atomic E-state index is 14.4. The Morgan fingerprint density at radius 2 is 1.55 bits per heavy atom. The maximum absolute atomic E-state index is 14.4. The van der Waals surface area contributed by atoms with E-state index >= 15 is 0 Å². The van der Waals surface area contributed by atoms with E-state index in [4.69, 9.17) is 9.15 Å². The Morgan fingerprint density at radius 3 is 2.21 bits per heavy atom. The summed E-state index contributed by atoms with van der Waals surface area (Å²) in [4.78, 5) is 0.933. The van der Waals surface area contributed by atoms with Crippen LogP contribution >= 0.6 is 0 Å². The number of furan rings is 1. The van der Waals surface area contributed by atoms with Gasteiger partial charge in [0.1, 0.15) is 23.1 Å². The summed E-state index contributed by atoms with van der Waals surface area (Å²) in [5.74, 6) is 0.114. The SMILES string of the molecule is OC(CN(Cc1cc(C(F)(F)F)ccc1F)c1cccc(Oc2cccc(-c3ccco3)c2)c1)C(F)(F)F. The van der Waals surface area contributed by atoms with E-state index < -0.39 is 48.5 Å². The summed E-state index contributed by atoms with van der Waals surface area (Å²) >= 11 is 0. The fraction of sp³-hybridized carbons (Fsp3) is 0.185. The van der Waals surface area contributed by atoms with Crippen LogP contribution in [0.5, 0.6) is 11.5 Å². The predicted molar refractivity (Wildman–Crippen MR) is 125 cm³/mol.